The molecule has 0 amide bonds. The fraction of sp³-hybridized carbons (Fsp3) is 0.200. The molecule has 2 aromatic carbocycles. The molecule has 0 heterocycles. The van der Waals surface area contributed by atoms with Crippen LogP contribution in [0.1, 0.15) is 5.56 Å². The predicted molar refractivity (Wildman–Crippen MR) is 76.3 cm³/mol. The zero-order valence-electron chi connectivity index (χ0n) is 11.2. The number of benzene rings is 2. The third-order valence-corrected chi connectivity index (χ3v) is 4.10. The van der Waals surface area contributed by atoms with Crippen molar-refractivity contribution in [2.75, 3.05) is 13.4 Å². The Bertz CT molecular complexity index is 703. The number of aryl methyl sites for hydroxylation is 1. The molecule has 2 aromatic rings. The lowest BCUT2D eigenvalue weighted by Crippen LogP contribution is -1.96. The normalized spacial score (nSPS) is 11.3. The Balaban J connectivity index is 2.51. The first-order valence-corrected chi connectivity index (χ1v) is 7.76. The summed E-state index contributed by atoms with van der Waals surface area (Å²) in [6.07, 6.45) is 1.21. The second-order valence-corrected chi connectivity index (χ2v) is 6.50. The molecule has 0 aliphatic carbocycles. The van der Waals surface area contributed by atoms with Crippen LogP contribution in [0.5, 0.6) is 5.75 Å². The maximum atomic E-state index is 11.6. The van der Waals surface area contributed by atoms with Gasteiger partial charge in [0.15, 0.2) is 9.84 Å². The van der Waals surface area contributed by atoms with Crippen molar-refractivity contribution >= 4 is 9.84 Å². The van der Waals surface area contributed by atoms with Crippen LogP contribution >= 0.6 is 0 Å². The molecule has 0 spiro atoms. The molecule has 0 N–H and O–H groups in total. The van der Waals surface area contributed by atoms with Crippen molar-refractivity contribution < 1.29 is 13.2 Å². The molecular formula is C15H16O3S. The Hall–Kier alpha value is -1.81. The standard InChI is InChI=1S/C15H16O3S/c1-11-9-13(7-8-15(11)18-2)12-5-4-6-14(10-12)19(3,16)17/h4-10H,1-3H3. The quantitative estimate of drug-likeness (QED) is 0.865. The second-order valence-electron chi connectivity index (χ2n) is 4.48. The highest BCUT2D eigenvalue weighted by Crippen LogP contribution is 2.27. The van der Waals surface area contributed by atoms with Crippen molar-refractivity contribution in [1.82, 2.24) is 0 Å². The van der Waals surface area contributed by atoms with E-state index in [4.69, 9.17) is 4.74 Å². The van der Waals surface area contributed by atoms with Crippen molar-refractivity contribution in [1.29, 1.82) is 0 Å². The molecule has 19 heavy (non-hydrogen) atoms. The van der Waals surface area contributed by atoms with Crippen molar-refractivity contribution in [3.8, 4) is 16.9 Å². The molecule has 0 aliphatic rings. The minimum absolute atomic E-state index is 0.332. The minimum atomic E-state index is -3.18. The summed E-state index contributed by atoms with van der Waals surface area (Å²) in [5.74, 6) is 0.822. The maximum Gasteiger partial charge on any atom is 0.175 e. The number of sulfone groups is 1. The summed E-state index contributed by atoms with van der Waals surface area (Å²) in [5.41, 5.74) is 2.88. The van der Waals surface area contributed by atoms with E-state index in [9.17, 15) is 8.42 Å². The summed E-state index contributed by atoms with van der Waals surface area (Å²) in [6.45, 7) is 1.96. The number of ether oxygens (including phenoxy) is 1. The zero-order chi connectivity index (χ0) is 14.0. The molecule has 0 saturated carbocycles. The maximum absolute atomic E-state index is 11.6. The van der Waals surface area contributed by atoms with E-state index >= 15 is 0 Å². The lowest BCUT2D eigenvalue weighted by molar-refractivity contribution is 0.412. The summed E-state index contributed by atoms with van der Waals surface area (Å²) in [6, 6.07) is 12.7. The van der Waals surface area contributed by atoms with Crippen LogP contribution in [-0.2, 0) is 9.84 Å². The van der Waals surface area contributed by atoms with Gasteiger partial charge in [-0.05, 0) is 47.9 Å². The number of methoxy groups -OCH3 is 1. The average molecular weight is 276 g/mol. The van der Waals surface area contributed by atoms with E-state index in [0.717, 1.165) is 22.4 Å². The van der Waals surface area contributed by atoms with E-state index in [1.165, 1.54) is 6.26 Å². The molecule has 0 aliphatic heterocycles. The first-order chi connectivity index (χ1) is 8.91. The van der Waals surface area contributed by atoms with E-state index in [0.29, 0.717) is 4.90 Å². The third kappa shape index (κ3) is 2.96. The zero-order valence-corrected chi connectivity index (χ0v) is 12.0. The number of rotatable bonds is 3. The van der Waals surface area contributed by atoms with Gasteiger partial charge in [0.2, 0.25) is 0 Å². The van der Waals surface area contributed by atoms with Gasteiger partial charge in [-0.1, -0.05) is 18.2 Å². The molecule has 3 nitrogen and oxygen atoms in total. The summed E-state index contributed by atoms with van der Waals surface area (Å²) in [5, 5.41) is 0. The largest absolute Gasteiger partial charge is 0.496 e. The van der Waals surface area contributed by atoms with Gasteiger partial charge in [0, 0.05) is 6.26 Å². The smallest absolute Gasteiger partial charge is 0.175 e. The van der Waals surface area contributed by atoms with Gasteiger partial charge in [0.1, 0.15) is 5.75 Å². The summed E-state index contributed by atoms with van der Waals surface area (Å²) in [4.78, 5) is 0.332. The minimum Gasteiger partial charge on any atom is -0.496 e. The van der Waals surface area contributed by atoms with Gasteiger partial charge in [-0.15, -0.1) is 0 Å². The van der Waals surface area contributed by atoms with Crippen LogP contribution < -0.4 is 4.74 Å². The lowest BCUT2D eigenvalue weighted by Gasteiger charge is -2.08. The highest BCUT2D eigenvalue weighted by Gasteiger charge is 2.09. The van der Waals surface area contributed by atoms with E-state index < -0.39 is 9.84 Å². The van der Waals surface area contributed by atoms with Gasteiger partial charge >= 0.3 is 0 Å². The fourth-order valence-electron chi connectivity index (χ4n) is 1.96. The molecular weight excluding hydrogens is 260 g/mol. The third-order valence-electron chi connectivity index (χ3n) is 2.99. The highest BCUT2D eigenvalue weighted by atomic mass is 32.2. The number of hydrogen-bond acceptors (Lipinski definition) is 3. The van der Waals surface area contributed by atoms with Crippen LogP contribution in [0.3, 0.4) is 0 Å². The van der Waals surface area contributed by atoms with Gasteiger partial charge in [-0.2, -0.15) is 0 Å². The van der Waals surface area contributed by atoms with Gasteiger partial charge in [0.05, 0.1) is 12.0 Å². The molecule has 0 aromatic heterocycles. The summed E-state index contributed by atoms with van der Waals surface area (Å²) < 4.78 is 28.3. The first-order valence-electron chi connectivity index (χ1n) is 5.87. The van der Waals surface area contributed by atoms with Crippen molar-refractivity contribution in [2.45, 2.75) is 11.8 Å². The Kier molecular flexibility index (Phi) is 3.62. The van der Waals surface area contributed by atoms with Crippen LogP contribution in [0.2, 0.25) is 0 Å². The summed E-state index contributed by atoms with van der Waals surface area (Å²) >= 11 is 0. The molecule has 0 bridgehead atoms. The highest BCUT2D eigenvalue weighted by molar-refractivity contribution is 7.90. The molecule has 0 radical (unpaired) electrons. The van der Waals surface area contributed by atoms with Gasteiger partial charge in [-0.25, -0.2) is 8.42 Å². The Morgan fingerprint density at radius 1 is 1.00 bits per heavy atom. The van der Waals surface area contributed by atoms with Crippen LogP contribution in [0.4, 0.5) is 0 Å². The molecule has 2 rings (SSSR count). The monoisotopic (exact) mass is 276 g/mol. The van der Waals surface area contributed by atoms with Gasteiger partial charge in [0.25, 0.3) is 0 Å². The molecule has 0 saturated heterocycles. The van der Waals surface area contributed by atoms with Crippen molar-refractivity contribution in [3.63, 3.8) is 0 Å². The molecule has 0 atom stereocenters. The van der Waals surface area contributed by atoms with Crippen LogP contribution in [0, 0.1) is 6.92 Å². The van der Waals surface area contributed by atoms with Crippen LogP contribution in [-0.4, -0.2) is 21.8 Å². The Labute approximate surface area is 113 Å². The van der Waals surface area contributed by atoms with Crippen molar-refractivity contribution in [3.05, 3.63) is 48.0 Å². The molecule has 0 fully saturated rings. The van der Waals surface area contributed by atoms with Crippen LogP contribution in [0.25, 0.3) is 11.1 Å². The van der Waals surface area contributed by atoms with Gasteiger partial charge in [-0.3, -0.25) is 0 Å². The van der Waals surface area contributed by atoms with E-state index in [1.54, 1.807) is 25.3 Å². The second kappa shape index (κ2) is 5.05. The average Bonchev–Trinajstić information content (AvgIpc) is 2.38. The first kappa shape index (κ1) is 13.6. The molecule has 4 heteroatoms. The SMILES string of the molecule is COc1ccc(-c2cccc(S(C)(=O)=O)c2)cc1C. The molecule has 100 valence electrons. The van der Waals surface area contributed by atoms with E-state index in [1.807, 2.05) is 31.2 Å². The van der Waals surface area contributed by atoms with Gasteiger partial charge < -0.3 is 4.74 Å². The Morgan fingerprint density at radius 2 is 1.68 bits per heavy atom. The van der Waals surface area contributed by atoms with E-state index in [-0.39, 0.29) is 0 Å². The van der Waals surface area contributed by atoms with Crippen molar-refractivity contribution in [2.24, 2.45) is 0 Å². The summed E-state index contributed by atoms with van der Waals surface area (Å²) in [7, 11) is -1.55. The number of hydrogen-bond donors (Lipinski definition) is 0. The van der Waals surface area contributed by atoms with E-state index in [2.05, 4.69) is 0 Å². The predicted octanol–water partition coefficient (Wildman–Crippen LogP) is 3.07. The lowest BCUT2D eigenvalue weighted by atomic mass is 10.0. The fourth-order valence-corrected chi connectivity index (χ4v) is 2.63. The Morgan fingerprint density at radius 3 is 2.26 bits per heavy atom. The topological polar surface area (TPSA) is 43.4 Å². The molecule has 0 unspecified atom stereocenters. The van der Waals surface area contributed by atoms with Crippen LogP contribution in [0.15, 0.2) is 47.4 Å².